The molecule has 3 aromatic rings. The van der Waals surface area contributed by atoms with Crippen LogP contribution in [0.4, 0.5) is 0 Å². The summed E-state index contributed by atoms with van der Waals surface area (Å²) in [5, 5.41) is 11.5. The summed E-state index contributed by atoms with van der Waals surface area (Å²) in [6.45, 7) is 7.11. The lowest BCUT2D eigenvalue weighted by Gasteiger charge is -2.26. The fourth-order valence-corrected chi connectivity index (χ4v) is 4.65. The minimum atomic E-state index is -0.890. The summed E-state index contributed by atoms with van der Waals surface area (Å²) in [6, 6.07) is 12.8. The van der Waals surface area contributed by atoms with Crippen LogP contribution in [-0.2, 0) is 16.1 Å². The molecular weight excluding hydrogens is 500 g/mol. The van der Waals surface area contributed by atoms with Crippen LogP contribution in [0.15, 0.2) is 79.2 Å². The first-order valence-electron chi connectivity index (χ1n) is 12.6. The molecule has 1 N–H and O–H groups in total. The van der Waals surface area contributed by atoms with Crippen molar-refractivity contribution in [3.8, 4) is 23.0 Å². The first-order valence-corrected chi connectivity index (χ1v) is 12.6. The number of amides is 1. The smallest absolute Gasteiger partial charge is 0.295 e. The number of aliphatic hydroxyl groups excluding tert-OH is 1. The predicted molar refractivity (Wildman–Crippen MR) is 143 cm³/mol. The van der Waals surface area contributed by atoms with Gasteiger partial charge in [0, 0.05) is 24.5 Å². The molecule has 1 amide bonds. The highest BCUT2D eigenvalue weighted by Gasteiger charge is 2.46. The quantitative estimate of drug-likeness (QED) is 0.188. The van der Waals surface area contributed by atoms with Gasteiger partial charge in [-0.15, -0.1) is 0 Å². The number of fused-ring (bicyclic) bond motifs is 1. The van der Waals surface area contributed by atoms with E-state index in [1.165, 1.54) is 4.90 Å². The number of carbonyl (C=O) groups excluding carboxylic acids is 2. The Kier molecular flexibility index (Phi) is 7.49. The van der Waals surface area contributed by atoms with Crippen molar-refractivity contribution in [3.63, 3.8) is 0 Å². The van der Waals surface area contributed by atoms with Gasteiger partial charge in [-0.2, -0.15) is 0 Å². The topological polar surface area (TPSA) is 107 Å². The highest BCUT2D eigenvalue weighted by molar-refractivity contribution is 6.46. The zero-order chi connectivity index (χ0) is 27.4. The average Bonchev–Trinajstić information content (AvgIpc) is 3.21. The molecule has 0 spiro atoms. The van der Waals surface area contributed by atoms with E-state index >= 15 is 0 Å². The van der Waals surface area contributed by atoms with Gasteiger partial charge >= 0.3 is 0 Å². The lowest BCUT2D eigenvalue weighted by molar-refractivity contribution is -0.140. The fraction of sp³-hybridized carbons (Fsp3) is 0.233. The molecule has 5 rings (SSSR count). The monoisotopic (exact) mass is 528 g/mol. The fourth-order valence-electron chi connectivity index (χ4n) is 4.65. The van der Waals surface area contributed by atoms with Gasteiger partial charge in [0.2, 0.25) is 0 Å². The van der Waals surface area contributed by atoms with E-state index in [4.69, 9.17) is 18.9 Å². The number of Topliss-reactive ketones (excluding diaryl/α,β-unsaturated/α-hetero) is 1. The summed E-state index contributed by atoms with van der Waals surface area (Å²) in [4.78, 5) is 32.3. The van der Waals surface area contributed by atoms with Gasteiger partial charge in [-0.25, -0.2) is 0 Å². The SMILES string of the molecule is C=CCOc1ccc(C2C(=C(O)c3ccc4c(c3)OCCO4)C(=O)C(=O)N2Cc2ccncc2)cc1OCC. The zero-order valence-corrected chi connectivity index (χ0v) is 21.5. The Bertz CT molecular complexity index is 1430. The summed E-state index contributed by atoms with van der Waals surface area (Å²) >= 11 is 0. The molecule has 2 aliphatic rings. The normalized spacial score (nSPS) is 17.7. The van der Waals surface area contributed by atoms with E-state index in [0.717, 1.165) is 5.56 Å². The number of rotatable bonds is 9. The number of carbonyl (C=O) groups is 2. The van der Waals surface area contributed by atoms with Gasteiger partial charge < -0.3 is 29.0 Å². The maximum atomic E-state index is 13.5. The van der Waals surface area contributed by atoms with E-state index in [9.17, 15) is 14.7 Å². The van der Waals surface area contributed by atoms with Gasteiger partial charge in [0.05, 0.1) is 18.2 Å². The molecule has 0 saturated carbocycles. The van der Waals surface area contributed by atoms with E-state index in [0.29, 0.717) is 53.9 Å². The Balaban J connectivity index is 1.64. The van der Waals surface area contributed by atoms with Crippen molar-refractivity contribution in [2.75, 3.05) is 26.4 Å². The van der Waals surface area contributed by atoms with Crippen molar-refractivity contribution < 1.29 is 33.6 Å². The van der Waals surface area contributed by atoms with Crippen LogP contribution >= 0.6 is 0 Å². The summed E-state index contributed by atoms with van der Waals surface area (Å²) in [6.07, 6.45) is 4.87. The highest BCUT2D eigenvalue weighted by Crippen LogP contribution is 2.43. The van der Waals surface area contributed by atoms with Crippen molar-refractivity contribution >= 4 is 17.4 Å². The first-order chi connectivity index (χ1) is 19.0. The number of hydrogen-bond donors (Lipinski definition) is 1. The van der Waals surface area contributed by atoms with Gasteiger partial charge in [-0.3, -0.25) is 14.6 Å². The molecule has 1 saturated heterocycles. The Morgan fingerprint density at radius 1 is 1.05 bits per heavy atom. The van der Waals surface area contributed by atoms with Crippen molar-refractivity contribution in [3.05, 3.63) is 95.8 Å². The third-order valence-corrected chi connectivity index (χ3v) is 6.40. The molecule has 2 aliphatic heterocycles. The second-order valence-electron chi connectivity index (χ2n) is 8.88. The number of ether oxygens (including phenoxy) is 4. The predicted octanol–water partition coefficient (Wildman–Crippen LogP) is 4.44. The van der Waals surface area contributed by atoms with Crippen molar-refractivity contribution in [2.45, 2.75) is 19.5 Å². The zero-order valence-electron chi connectivity index (χ0n) is 21.5. The number of nitrogens with zero attached hydrogens (tertiary/aromatic N) is 2. The Labute approximate surface area is 225 Å². The molecule has 1 aromatic heterocycles. The van der Waals surface area contributed by atoms with E-state index in [-0.39, 0.29) is 24.5 Å². The largest absolute Gasteiger partial charge is 0.507 e. The molecule has 1 unspecified atom stereocenters. The molecule has 0 bridgehead atoms. The molecule has 0 aliphatic carbocycles. The number of aliphatic hydroxyl groups is 1. The molecule has 200 valence electrons. The average molecular weight is 529 g/mol. The molecule has 39 heavy (non-hydrogen) atoms. The van der Waals surface area contributed by atoms with Crippen LogP contribution in [-0.4, -0.2) is 53.1 Å². The number of hydrogen-bond acceptors (Lipinski definition) is 8. The Hall–Kier alpha value is -4.79. The summed E-state index contributed by atoms with van der Waals surface area (Å²) in [5.41, 5.74) is 1.67. The summed E-state index contributed by atoms with van der Waals surface area (Å²) in [7, 11) is 0. The lowest BCUT2D eigenvalue weighted by Crippen LogP contribution is -2.29. The van der Waals surface area contributed by atoms with E-state index in [2.05, 4.69) is 11.6 Å². The lowest BCUT2D eigenvalue weighted by atomic mass is 9.94. The van der Waals surface area contributed by atoms with Crippen LogP contribution in [0.5, 0.6) is 23.0 Å². The van der Waals surface area contributed by atoms with Crippen LogP contribution in [0.3, 0.4) is 0 Å². The highest BCUT2D eigenvalue weighted by atomic mass is 16.6. The summed E-state index contributed by atoms with van der Waals surface area (Å²) in [5.74, 6) is 0.132. The Morgan fingerprint density at radius 2 is 1.82 bits per heavy atom. The minimum absolute atomic E-state index is 0.0343. The maximum Gasteiger partial charge on any atom is 0.295 e. The molecule has 1 atom stereocenters. The molecular formula is C30H28N2O7. The molecule has 2 aromatic carbocycles. The van der Waals surface area contributed by atoms with E-state index < -0.39 is 17.7 Å². The van der Waals surface area contributed by atoms with Crippen LogP contribution in [0.2, 0.25) is 0 Å². The van der Waals surface area contributed by atoms with E-state index in [1.54, 1.807) is 67.0 Å². The number of benzene rings is 2. The number of likely N-dealkylation sites (tertiary alicyclic amines) is 1. The maximum absolute atomic E-state index is 13.5. The molecule has 9 nitrogen and oxygen atoms in total. The second kappa shape index (κ2) is 11.3. The third kappa shape index (κ3) is 5.16. The summed E-state index contributed by atoms with van der Waals surface area (Å²) < 4.78 is 22.8. The van der Waals surface area contributed by atoms with Gasteiger partial charge in [0.1, 0.15) is 25.6 Å². The van der Waals surface area contributed by atoms with Gasteiger partial charge in [0.25, 0.3) is 11.7 Å². The van der Waals surface area contributed by atoms with Crippen LogP contribution in [0.1, 0.15) is 29.7 Å². The van der Waals surface area contributed by atoms with E-state index in [1.807, 2.05) is 6.92 Å². The number of pyridine rings is 1. The minimum Gasteiger partial charge on any atom is -0.507 e. The third-order valence-electron chi connectivity index (χ3n) is 6.40. The van der Waals surface area contributed by atoms with Gasteiger partial charge in [0.15, 0.2) is 23.0 Å². The van der Waals surface area contributed by atoms with Crippen LogP contribution in [0, 0.1) is 0 Å². The number of ketones is 1. The molecule has 0 radical (unpaired) electrons. The van der Waals surface area contributed by atoms with Gasteiger partial charge in [-0.1, -0.05) is 18.7 Å². The van der Waals surface area contributed by atoms with Crippen LogP contribution in [0.25, 0.3) is 5.76 Å². The first kappa shape index (κ1) is 25.8. The second-order valence-corrected chi connectivity index (χ2v) is 8.88. The van der Waals surface area contributed by atoms with Gasteiger partial charge in [-0.05, 0) is 60.5 Å². The van der Waals surface area contributed by atoms with Crippen LogP contribution < -0.4 is 18.9 Å². The van der Waals surface area contributed by atoms with Crippen molar-refractivity contribution in [1.82, 2.24) is 9.88 Å². The number of aromatic nitrogens is 1. The molecule has 3 heterocycles. The molecule has 9 heteroatoms. The molecule has 1 fully saturated rings. The Morgan fingerprint density at radius 3 is 2.56 bits per heavy atom. The van der Waals surface area contributed by atoms with Crippen molar-refractivity contribution in [2.24, 2.45) is 0 Å². The van der Waals surface area contributed by atoms with Crippen molar-refractivity contribution in [1.29, 1.82) is 0 Å². The standard InChI is InChI=1S/C30H28N2O7/c1-3-13-37-22-7-5-20(16-24(22)36-4-2)27-26(28(33)21-6-8-23-25(17-21)39-15-14-38-23)29(34)30(35)32(27)18-19-9-11-31-12-10-19/h3,5-12,16-17,27,33H,1,4,13-15,18H2,2H3.